The number of nitrogens with one attached hydrogen (secondary N) is 1. The molecule has 3 rings (SSSR count). The zero-order chi connectivity index (χ0) is 23.1. The van der Waals surface area contributed by atoms with Gasteiger partial charge in [0.25, 0.3) is 5.91 Å². The maximum Gasteiger partial charge on any atom is 0.254 e. The van der Waals surface area contributed by atoms with Crippen molar-refractivity contribution in [1.82, 2.24) is 20.2 Å². The molecule has 1 N–H and O–H groups in total. The summed E-state index contributed by atoms with van der Waals surface area (Å²) in [5.41, 5.74) is 0.613. The number of carbonyl (C=O) groups excluding carboxylic acids is 2. The fraction of sp³-hybridized carbons (Fsp3) is 0.429. The summed E-state index contributed by atoms with van der Waals surface area (Å²) in [5.74, 6) is 0.714. The molecule has 1 aromatic carbocycles. The first-order valence-electron chi connectivity index (χ1n) is 10.1. The number of thioether (sulfide) groups is 1. The van der Waals surface area contributed by atoms with Gasteiger partial charge >= 0.3 is 0 Å². The van der Waals surface area contributed by atoms with E-state index >= 15 is 0 Å². The molecule has 11 heteroatoms. The molecule has 2 heterocycles. The molecule has 1 atom stereocenters. The molecule has 172 valence electrons. The van der Waals surface area contributed by atoms with E-state index in [9.17, 15) is 9.59 Å². The van der Waals surface area contributed by atoms with Crippen LogP contribution in [0.3, 0.4) is 0 Å². The molecule has 1 unspecified atom stereocenters. The summed E-state index contributed by atoms with van der Waals surface area (Å²) in [7, 11) is 1.58. The summed E-state index contributed by atoms with van der Waals surface area (Å²) in [6.07, 6.45) is 0. The van der Waals surface area contributed by atoms with Crippen LogP contribution in [0.2, 0.25) is 10.2 Å². The number of amides is 2. The van der Waals surface area contributed by atoms with Gasteiger partial charge in [0.1, 0.15) is 11.0 Å². The van der Waals surface area contributed by atoms with Crippen molar-refractivity contribution in [2.75, 3.05) is 50.5 Å². The number of benzene rings is 1. The van der Waals surface area contributed by atoms with E-state index in [-0.39, 0.29) is 23.6 Å². The number of piperazine rings is 1. The zero-order valence-corrected chi connectivity index (χ0v) is 20.2. The molecule has 8 nitrogen and oxygen atoms in total. The van der Waals surface area contributed by atoms with Crippen molar-refractivity contribution >= 4 is 52.6 Å². The highest BCUT2D eigenvalue weighted by Gasteiger charge is 2.29. The van der Waals surface area contributed by atoms with Crippen molar-refractivity contribution in [3.8, 4) is 0 Å². The fourth-order valence-electron chi connectivity index (χ4n) is 3.31. The Labute approximate surface area is 201 Å². The number of anilines is 1. The predicted octanol–water partition coefficient (Wildman–Crippen LogP) is 2.99. The Morgan fingerprint density at radius 2 is 1.97 bits per heavy atom. The lowest BCUT2D eigenvalue weighted by molar-refractivity contribution is -0.118. The molecular formula is C21H25Cl2N5O3S. The Kier molecular flexibility index (Phi) is 8.98. The van der Waals surface area contributed by atoms with Gasteiger partial charge in [-0.25, -0.2) is 9.97 Å². The number of rotatable bonds is 8. The summed E-state index contributed by atoms with van der Waals surface area (Å²) < 4.78 is 4.92. The number of hydrogen-bond acceptors (Lipinski definition) is 7. The topological polar surface area (TPSA) is 87.7 Å². The lowest BCUT2D eigenvalue weighted by atomic mass is 10.1. The third-order valence-electron chi connectivity index (χ3n) is 4.93. The molecule has 2 amide bonds. The number of methoxy groups -OCH3 is 1. The maximum absolute atomic E-state index is 12.9. The molecule has 32 heavy (non-hydrogen) atoms. The summed E-state index contributed by atoms with van der Waals surface area (Å²) in [5, 5.41) is 4.10. The van der Waals surface area contributed by atoms with Gasteiger partial charge in [0.2, 0.25) is 5.91 Å². The Bertz CT molecular complexity index is 948. The average molecular weight is 498 g/mol. The molecule has 1 aliphatic heterocycles. The Morgan fingerprint density at radius 1 is 1.22 bits per heavy atom. The van der Waals surface area contributed by atoms with E-state index < -0.39 is 0 Å². The average Bonchev–Trinajstić information content (AvgIpc) is 2.77. The van der Waals surface area contributed by atoms with Crippen LogP contribution in [0.4, 0.5) is 5.82 Å². The second kappa shape index (κ2) is 11.7. The second-order valence-corrected chi connectivity index (χ2v) is 9.03. The van der Waals surface area contributed by atoms with Crippen molar-refractivity contribution in [2.45, 2.75) is 18.1 Å². The van der Waals surface area contributed by atoms with Gasteiger partial charge in [0, 0.05) is 56.0 Å². The highest BCUT2D eigenvalue weighted by atomic mass is 35.5. The van der Waals surface area contributed by atoms with Gasteiger partial charge in [-0.2, -0.15) is 0 Å². The van der Waals surface area contributed by atoms with Crippen molar-refractivity contribution in [2.24, 2.45) is 0 Å². The molecular weight excluding hydrogens is 473 g/mol. The van der Waals surface area contributed by atoms with Crippen LogP contribution in [0.1, 0.15) is 17.3 Å². The number of aromatic nitrogens is 2. The van der Waals surface area contributed by atoms with E-state index in [2.05, 4.69) is 20.2 Å². The molecule has 1 saturated heterocycles. The SMILES string of the molecule is COCCNC(=O)CSc1nc(Cl)cc(N2CCN(C(=O)c3ccc(Cl)cc3)C(C)C2)n1. The summed E-state index contributed by atoms with van der Waals surface area (Å²) in [4.78, 5) is 37.5. The van der Waals surface area contributed by atoms with Crippen LogP contribution in [-0.4, -0.2) is 78.4 Å². The van der Waals surface area contributed by atoms with E-state index in [1.54, 1.807) is 37.4 Å². The lowest BCUT2D eigenvalue weighted by Gasteiger charge is -2.40. The standard InChI is InChI=1S/C21H25Cl2N5O3S/c1-14-12-27(8-9-28(14)20(30)15-3-5-16(22)6-4-15)18-11-17(23)25-21(26-18)32-13-19(29)24-7-10-31-2/h3-6,11,14H,7-10,12-13H2,1-2H3,(H,24,29). The molecule has 2 aromatic rings. The monoisotopic (exact) mass is 497 g/mol. The summed E-state index contributed by atoms with van der Waals surface area (Å²) >= 11 is 13.4. The predicted molar refractivity (Wildman–Crippen MR) is 127 cm³/mol. The molecule has 0 bridgehead atoms. The van der Waals surface area contributed by atoms with Gasteiger partial charge in [-0.15, -0.1) is 0 Å². The van der Waals surface area contributed by atoms with Crippen LogP contribution in [-0.2, 0) is 9.53 Å². The smallest absolute Gasteiger partial charge is 0.254 e. The number of halogens is 2. The first-order chi connectivity index (χ1) is 15.4. The van der Waals surface area contributed by atoms with Gasteiger partial charge in [0.15, 0.2) is 5.16 Å². The minimum atomic E-state index is -0.125. The number of ether oxygens (including phenoxy) is 1. The normalized spacial score (nSPS) is 16.2. The van der Waals surface area contributed by atoms with Crippen molar-refractivity contribution < 1.29 is 14.3 Å². The van der Waals surface area contributed by atoms with Gasteiger partial charge < -0.3 is 19.9 Å². The van der Waals surface area contributed by atoms with Crippen LogP contribution < -0.4 is 10.2 Å². The molecule has 0 radical (unpaired) electrons. The molecule has 1 aliphatic rings. The number of carbonyl (C=O) groups is 2. The van der Waals surface area contributed by atoms with E-state index in [0.29, 0.717) is 59.5 Å². The van der Waals surface area contributed by atoms with Crippen LogP contribution in [0, 0.1) is 0 Å². The van der Waals surface area contributed by atoms with Gasteiger partial charge in [-0.1, -0.05) is 35.0 Å². The van der Waals surface area contributed by atoms with Gasteiger partial charge in [-0.3, -0.25) is 9.59 Å². The lowest BCUT2D eigenvalue weighted by Crippen LogP contribution is -2.54. The molecule has 1 fully saturated rings. The van der Waals surface area contributed by atoms with Gasteiger partial charge in [0.05, 0.1) is 12.4 Å². The highest BCUT2D eigenvalue weighted by molar-refractivity contribution is 7.99. The van der Waals surface area contributed by atoms with Crippen LogP contribution in [0.15, 0.2) is 35.5 Å². The first-order valence-corrected chi connectivity index (χ1v) is 11.9. The molecule has 0 aliphatic carbocycles. The van der Waals surface area contributed by atoms with E-state index in [4.69, 9.17) is 27.9 Å². The Hall–Kier alpha value is -2.07. The molecule has 0 saturated carbocycles. The molecule has 0 spiro atoms. The number of nitrogens with zero attached hydrogens (tertiary/aromatic N) is 4. The van der Waals surface area contributed by atoms with Crippen LogP contribution in [0.25, 0.3) is 0 Å². The third kappa shape index (κ3) is 6.71. The van der Waals surface area contributed by atoms with Crippen LogP contribution in [0.5, 0.6) is 0 Å². The zero-order valence-electron chi connectivity index (χ0n) is 17.9. The van der Waals surface area contributed by atoms with E-state index in [1.807, 2.05) is 11.8 Å². The fourth-order valence-corrected chi connectivity index (χ4v) is 4.35. The third-order valence-corrected chi connectivity index (χ3v) is 6.22. The van der Waals surface area contributed by atoms with E-state index in [1.165, 1.54) is 11.8 Å². The van der Waals surface area contributed by atoms with E-state index in [0.717, 1.165) is 0 Å². The van der Waals surface area contributed by atoms with Gasteiger partial charge in [-0.05, 0) is 31.2 Å². The quantitative estimate of drug-likeness (QED) is 0.259. The van der Waals surface area contributed by atoms with Crippen LogP contribution >= 0.6 is 35.0 Å². The maximum atomic E-state index is 12.9. The van der Waals surface area contributed by atoms with Crippen molar-refractivity contribution in [3.63, 3.8) is 0 Å². The Morgan fingerprint density at radius 3 is 2.66 bits per heavy atom. The van der Waals surface area contributed by atoms with Crippen molar-refractivity contribution in [3.05, 3.63) is 46.1 Å². The Balaban J connectivity index is 1.61. The summed E-state index contributed by atoms with van der Waals surface area (Å²) in [6, 6.07) is 8.59. The largest absolute Gasteiger partial charge is 0.383 e. The number of hydrogen-bond donors (Lipinski definition) is 1. The summed E-state index contributed by atoms with van der Waals surface area (Å²) in [6.45, 7) is 4.68. The minimum Gasteiger partial charge on any atom is -0.383 e. The second-order valence-electron chi connectivity index (χ2n) is 7.26. The van der Waals surface area contributed by atoms with Crippen molar-refractivity contribution in [1.29, 1.82) is 0 Å². The molecule has 1 aromatic heterocycles. The highest BCUT2D eigenvalue weighted by Crippen LogP contribution is 2.25. The minimum absolute atomic E-state index is 0.0229. The first kappa shape index (κ1) is 24.6.